The number of likely N-dealkylation sites (N-methyl/N-ethyl adjacent to an activating group) is 1. The lowest BCUT2D eigenvalue weighted by Crippen LogP contribution is -2.36. The molecule has 1 aromatic rings. The van der Waals surface area contributed by atoms with Crippen LogP contribution in [0, 0.1) is 6.92 Å². The highest BCUT2D eigenvalue weighted by molar-refractivity contribution is 5.78. The molecule has 100 valence electrons. The Kier molecular flexibility index (Phi) is 5.16. The van der Waals surface area contributed by atoms with Gasteiger partial charge < -0.3 is 19.3 Å². The van der Waals surface area contributed by atoms with Gasteiger partial charge in [-0.3, -0.25) is 9.59 Å². The van der Waals surface area contributed by atoms with Gasteiger partial charge in [0.05, 0.1) is 6.42 Å². The van der Waals surface area contributed by atoms with Gasteiger partial charge in [0.1, 0.15) is 5.76 Å². The molecule has 0 aliphatic rings. The van der Waals surface area contributed by atoms with Crippen molar-refractivity contribution in [3.63, 3.8) is 0 Å². The SMILES string of the molecule is CCN(CCC(=O)O)C(=O)COc1cc(C)on1. The summed E-state index contributed by atoms with van der Waals surface area (Å²) in [4.78, 5) is 23.6. The van der Waals surface area contributed by atoms with Gasteiger partial charge >= 0.3 is 5.97 Å². The van der Waals surface area contributed by atoms with Crippen LogP contribution in [0.15, 0.2) is 10.6 Å². The Morgan fingerprint density at radius 3 is 2.78 bits per heavy atom. The quantitative estimate of drug-likeness (QED) is 0.771. The second-order valence-electron chi connectivity index (χ2n) is 3.68. The summed E-state index contributed by atoms with van der Waals surface area (Å²) in [5.74, 6) is -0.375. The van der Waals surface area contributed by atoms with Gasteiger partial charge in [-0.2, -0.15) is 0 Å². The maximum atomic E-state index is 11.7. The molecule has 18 heavy (non-hydrogen) atoms. The largest absolute Gasteiger partial charge is 0.481 e. The number of ether oxygens (including phenoxy) is 1. The number of hydrogen-bond donors (Lipinski definition) is 1. The van der Waals surface area contributed by atoms with E-state index in [4.69, 9.17) is 14.4 Å². The molecule has 0 saturated heterocycles. The third kappa shape index (κ3) is 4.44. The average molecular weight is 256 g/mol. The molecule has 1 amide bonds. The van der Waals surface area contributed by atoms with E-state index in [-0.39, 0.29) is 31.4 Å². The predicted molar refractivity (Wildman–Crippen MR) is 61.2 cm³/mol. The average Bonchev–Trinajstić information content (AvgIpc) is 2.73. The van der Waals surface area contributed by atoms with Crippen LogP contribution in [0.5, 0.6) is 5.88 Å². The number of amides is 1. The maximum absolute atomic E-state index is 11.7. The van der Waals surface area contributed by atoms with Crippen LogP contribution >= 0.6 is 0 Å². The first-order valence-electron chi connectivity index (χ1n) is 5.58. The number of aromatic nitrogens is 1. The fourth-order valence-corrected chi connectivity index (χ4v) is 1.33. The molecule has 0 saturated carbocycles. The molecular weight excluding hydrogens is 240 g/mol. The van der Waals surface area contributed by atoms with Crippen molar-refractivity contribution in [2.75, 3.05) is 19.7 Å². The predicted octanol–water partition coefficient (Wildman–Crippen LogP) is 0.685. The fraction of sp³-hybridized carbons (Fsp3) is 0.545. The first kappa shape index (κ1) is 14.0. The molecule has 0 fully saturated rings. The molecular formula is C11H16N2O5. The van der Waals surface area contributed by atoms with Crippen LogP contribution in [-0.2, 0) is 9.59 Å². The van der Waals surface area contributed by atoms with Crippen LogP contribution in [0.25, 0.3) is 0 Å². The first-order valence-corrected chi connectivity index (χ1v) is 5.58. The summed E-state index contributed by atoms with van der Waals surface area (Å²) >= 11 is 0. The molecule has 7 nitrogen and oxygen atoms in total. The maximum Gasteiger partial charge on any atom is 0.305 e. The zero-order valence-electron chi connectivity index (χ0n) is 10.4. The third-order valence-electron chi connectivity index (χ3n) is 2.28. The van der Waals surface area contributed by atoms with E-state index in [0.29, 0.717) is 12.3 Å². The van der Waals surface area contributed by atoms with Crippen molar-refractivity contribution in [2.24, 2.45) is 0 Å². The monoisotopic (exact) mass is 256 g/mol. The van der Waals surface area contributed by atoms with Gasteiger partial charge in [-0.1, -0.05) is 0 Å². The molecule has 1 rings (SSSR count). The second-order valence-corrected chi connectivity index (χ2v) is 3.68. The molecule has 0 aliphatic heterocycles. The molecule has 0 bridgehead atoms. The number of rotatable bonds is 7. The lowest BCUT2D eigenvalue weighted by molar-refractivity contribution is -0.139. The fourth-order valence-electron chi connectivity index (χ4n) is 1.33. The Labute approximate surface area is 104 Å². The minimum Gasteiger partial charge on any atom is -0.481 e. The number of aryl methyl sites for hydroxylation is 1. The highest BCUT2D eigenvalue weighted by Gasteiger charge is 2.14. The molecule has 0 aliphatic carbocycles. The van der Waals surface area contributed by atoms with Gasteiger partial charge in [0.2, 0.25) is 0 Å². The van der Waals surface area contributed by atoms with E-state index in [0.717, 1.165) is 0 Å². The number of carboxylic acid groups (broad SMARTS) is 1. The summed E-state index contributed by atoms with van der Waals surface area (Å²) in [7, 11) is 0. The second kappa shape index (κ2) is 6.63. The lowest BCUT2D eigenvalue weighted by atomic mass is 10.3. The summed E-state index contributed by atoms with van der Waals surface area (Å²) in [6, 6.07) is 1.57. The van der Waals surface area contributed by atoms with E-state index in [1.54, 1.807) is 19.9 Å². The number of carbonyl (C=O) groups is 2. The van der Waals surface area contributed by atoms with Crippen LogP contribution in [-0.4, -0.2) is 46.7 Å². The highest BCUT2D eigenvalue weighted by atomic mass is 16.5. The van der Waals surface area contributed by atoms with Crippen LogP contribution in [0.3, 0.4) is 0 Å². The Bertz CT molecular complexity index is 415. The number of hydrogen-bond acceptors (Lipinski definition) is 5. The number of nitrogens with zero attached hydrogens (tertiary/aromatic N) is 2. The van der Waals surface area contributed by atoms with E-state index in [2.05, 4.69) is 5.16 Å². The molecule has 1 N–H and O–H groups in total. The van der Waals surface area contributed by atoms with Gasteiger partial charge in [-0.15, -0.1) is 0 Å². The van der Waals surface area contributed by atoms with Gasteiger partial charge in [-0.25, -0.2) is 0 Å². The van der Waals surface area contributed by atoms with Crippen LogP contribution < -0.4 is 4.74 Å². The summed E-state index contributed by atoms with van der Waals surface area (Å²) in [5.41, 5.74) is 0. The molecule has 0 atom stereocenters. The summed E-state index contributed by atoms with van der Waals surface area (Å²) in [6.07, 6.45) is -0.0807. The van der Waals surface area contributed by atoms with E-state index >= 15 is 0 Å². The zero-order valence-corrected chi connectivity index (χ0v) is 10.4. The van der Waals surface area contributed by atoms with Gasteiger partial charge in [0, 0.05) is 19.2 Å². The molecule has 7 heteroatoms. The van der Waals surface area contributed by atoms with E-state index in [1.807, 2.05) is 0 Å². The minimum absolute atomic E-state index is 0.0807. The Morgan fingerprint density at radius 1 is 1.56 bits per heavy atom. The summed E-state index contributed by atoms with van der Waals surface area (Å²) < 4.78 is 9.92. The Balaban J connectivity index is 2.39. The van der Waals surface area contributed by atoms with E-state index in [1.165, 1.54) is 4.90 Å². The zero-order chi connectivity index (χ0) is 13.5. The summed E-state index contributed by atoms with van der Waals surface area (Å²) in [5, 5.41) is 12.1. The van der Waals surface area contributed by atoms with Crippen molar-refractivity contribution < 1.29 is 24.0 Å². The normalized spacial score (nSPS) is 10.1. The van der Waals surface area contributed by atoms with E-state index < -0.39 is 5.97 Å². The van der Waals surface area contributed by atoms with Crippen molar-refractivity contribution in [1.82, 2.24) is 10.1 Å². The topological polar surface area (TPSA) is 92.9 Å². The smallest absolute Gasteiger partial charge is 0.305 e. The third-order valence-corrected chi connectivity index (χ3v) is 2.28. The first-order chi connectivity index (χ1) is 8.52. The van der Waals surface area contributed by atoms with Gasteiger partial charge in [0.15, 0.2) is 6.61 Å². The Morgan fingerprint density at radius 2 is 2.28 bits per heavy atom. The van der Waals surface area contributed by atoms with Crippen molar-refractivity contribution in [3.05, 3.63) is 11.8 Å². The van der Waals surface area contributed by atoms with Crippen molar-refractivity contribution in [3.8, 4) is 5.88 Å². The van der Waals surface area contributed by atoms with Gasteiger partial charge in [-0.05, 0) is 19.0 Å². The summed E-state index contributed by atoms with van der Waals surface area (Å²) in [6.45, 7) is 3.92. The molecule has 0 radical (unpaired) electrons. The van der Waals surface area contributed by atoms with Gasteiger partial charge in [0.25, 0.3) is 11.8 Å². The van der Waals surface area contributed by atoms with Crippen LogP contribution in [0.2, 0.25) is 0 Å². The molecule has 0 aromatic carbocycles. The number of aliphatic carboxylic acids is 1. The number of carbonyl (C=O) groups excluding carboxylic acids is 1. The number of carboxylic acids is 1. The van der Waals surface area contributed by atoms with E-state index in [9.17, 15) is 9.59 Å². The highest BCUT2D eigenvalue weighted by Crippen LogP contribution is 2.09. The van der Waals surface area contributed by atoms with Crippen molar-refractivity contribution in [1.29, 1.82) is 0 Å². The van der Waals surface area contributed by atoms with Crippen molar-refractivity contribution in [2.45, 2.75) is 20.3 Å². The molecule has 0 spiro atoms. The van der Waals surface area contributed by atoms with Crippen LogP contribution in [0.1, 0.15) is 19.1 Å². The lowest BCUT2D eigenvalue weighted by Gasteiger charge is -2.19. The van der Waals surface area contributed by atoms with Crippen molar-refractivity contribution >= 4 is 11.9 Å². The molecule has 1 heterocycles. The molecule has 0 unspecified atom stereocenters. The Hall–Kier alpha value is -2.05. The standard InChI is InChI=1S/C11H16N2O5/c1-3-13(5-4-11(15)16)10(14)7-17-9-6-8(2)18-12-9/h6H,3-5,7H2,1-2H3,(H,15,16). The van der Waals surface area contributed by atoms with Crippen LogP contribution in [0.4, 0.5) is 0 Å². The molecule has 1 aromatic heterocycles. The minimum atomic E-state index is -0.936.